The number of fused-ring (bicyclic) bond motifs is 1. The van der Waals surface area contributed by atoms with Crippen LogP contribution >= 0.6 is 11.3 Å². The molecule has 3 aromatic rings. The molecule has 0 fully saturated rings. The van der Waals surface area contributed by atoms with E-state index in [0.717, 1.165) is 4.70 Å². The second-order valence-corrected chi connectivity index (χ2v) is 7.04. The number of benzene rings is 2. The number of thiophene rings is 1. The van der Waals surface area contributed by atoms with Crippen LogP contribution in [0.25, 0.3) is 10.1 Å². The number of ether oxygens (including phenoxy) is 2. The maximum Gasteiger partial charge on any atom is 0.344 e. The molecule has 154 valence electrons. The number of carbonyl (C=O) groups excluding carboxylic acids is 2. The van der Waals surface area contributed by atoms with Gasteiger partial charge in [-0.15, -0.1) is 11.3 Å². The maximum atomic E-state index is 12.3. The molecular weight excluding hydrogens is 410 g/mol. The molecule has 0 bridgehead atoms. The highest BCUT2D eigenvalue weighted by molar-refractivity contribution is 7.20. The van der Waals surface area contributed by atoms with Gasteiger partial charge in [0, 0.05) is 22.2 Å². The molecule has 9 nitrogen and oxygen atoms in total. The summed E-state index contributed by atoms with van der Waals surface area (Å²) in [5.74, 6) is -0.352. The van der Waals surface area contributed by atoms with Crippen molar-refractivity contribution >= 4 is 45.2 Å². The number of amides is 1. The summed E-state index contributed by atoms with van der Waals surface area (Å²) in [5.41, 5.74) is 3.11. The summed E-state index contributed by atoms with van der Waals surface area (Å²) in [6, 6.07) is 12.8. The van der Waals surface area contributed by atoms with Crippen molar-refractivity contribution in [2.24, 2.45) is 5.10 Å². The normalized spacial score (nSPS) is 10.8. The van der Waals surface area contributed by atoms with Crippen LogP contribution in [-0.4, -0.2) is 36.2 Å². The summed E-state index contributed by atoms with van der Waals surface area (Å²) < 4.78 is 10.9. The number of esters is 1. The molecule has 0 aliphatic carbocycles. The number of hydrogen-bond acceptors (Lipinski definition) is 8. The largest absolute Gasteiger partial charge is 0.482 e. The van der Waals surface area contributed by atoms with E-state index in [-0.39, 0.29) is 12.3 Å². The number of nitro benzene ring substituents is 1. The van der Waals surface area contributed by atoms with Crippen molar-refractivity contribution in [1.82, 2.24) is 5.43 Å². The lowest BCUT2D eigenvalue weighted by Gasteiger charge is -2.05. The molecule has 1 heterocycles. The van der Waals surface area contributed by atoms with Gasteiger partial charge in [0.25, 0.3) is 11.6 Å². The van der Waals surface area contributed by atoms with Gasteiger partial charge in [0.2, 0.25) is 0 Å². The number of nitro groups is 1. The van der Waals surface area contributed by atoms with Crippen LogP contribution in [0.4, 0.5) is 5.69 Å². The van der Waals surface area contributed by atoms with Gasteiger partial charge in [0.05, 0.1) is 22.6 Å². The average molecular weight is 427 g/mol. The van der Waals surface area contributed by atoms with Crippen LogP contribution in [0.1, 0.15) is 22.2 Å². The van der Waals surface area contributed by atoms with Crippen LogP contribution in [0.15, 0.2) is 53.6 Å². The van der Waals surface area contributed by atoms with Gasteiger partial charge >= 0.3 is 5.97 Å². The minimum absolute atomic E-state index is 0.0278. The van der Waals surface area contributed by atoms with Gasteiger partial charge in [0.15, 0.2) is 6.61 Å². The quantitative estimate of drug-likeness (QED) is 0.254. The van der Waals surface area contributed by atoms with E-state index in [1.54, 1.807) is 43.3 Å². The number of non-ortho nitro benzene ring substituents is 1. The standard InChI is InChI=1S/C20H17N3O6S/c1-2-28-19(24)12-29-16-6-3-13(4-7-16)11-21-22-20(25)18-10-14-9-15(23(26)27)5-8-17(14)30-18/h3-11H,2,12H2,1H3,(H,22,25). The number of hydrazone groups is 1. The Bertz CT molecular complexity index is 1110. The van der Waals surface area contributed by atoms with Crippen molar-refractivity contribution in [3.05, 3.63) is 69.1 Å². The fourth-order valence-electron chi connectivity index (χ4n) is 2.47. The molecule has 0 saturated carbocycles. The zero-order valence-electron chi connectivity index (χ0n) is 15.9. The summed E-state index contributed by atoms with van der Waals surface area (Å²) in [7, 11) is 0. The number of carbonyl (C=O) groups is 2. The summed E-state index contributed by atoms with van der Waals surface area (Å²) >= 11 is 1.22. The van der Waals surface area contributed by atoms with Crippen LogP contribution in [0, 0.1) is 10.1 Å². The van der Waals surface area contributed by atoms with Crippen LogP contribution in [0.3, 0.4) is 0 Å². The predicted octanol–water partition coefficient (Wildman–Crippen LogP) is 3.52. The lowest BCUT2D eigenvalue weighted by Crippen LogP contribution is -2.16. The highest BCUT2D eigenvalue weighted by atomic mass is 32.1. The molecule has 1 amide bonds. The molecular formula is C20H17N3O6S. The zero-order chi connectivity index (χ0) is 21.5. The fraction of sp³-hybridized carbons (Fsp3) is 0.150. The van der Waals surface area contributed by atoms with Gasteiger partial charge < -0.3 is 9.47 Å². The Morgan fingerprint density at radius 1 is 1.20 bits per heavy atom. The lowest BCUT2D eigenvalue weighted by molar-refractivity contribution is -0.384. The summed E-state index contributed by atoms with van der Waals surface area (Å²) in [5, 5.41) is 15.4. The Balaban J connectivity index is 1.57. The minimum atomic E-state index is -0.478. The van der Waals surface area contributed by atoms with Gasteiger partial charge in [-0.2, -0.15) is 5.10 Å². The van der Waals surface area contributed by atoms with E-state index in [9.17, 15) is 19.7 Å². The van der Waals surface area contributed by atoms with E-state index < -0.39 is 16.8 Å². The summed E-state index contributed by atoms with van der Waals surface area (Å²) in [4.78, 5) is 34.3. The van der Waals surface area contributed by atoms with Gasteiger partial charge in [-0.3, -0.25) is 14.9 Å². The average Bonchev–Trinajstić information content (AvgIpc) is 3.17. The lowest BCUT2D eigenvalue weighted by atomic mass is 10.2. The first-order valence-electron chi connectivity index (χ1n) is 8.86. The molecule has 1 aromatic heterocycles. The van der Waals surface area contributed by atoms with Crippen molar-refractivity contribution in [2.45, 2.75) is 6.92 Å². The maximum absolute atomic E-state index is 12.3. The Morgan fingerprint density at radius 2 is 1.97 bits per heavy atom. The molecule has 0 atom stereocenters. The van der Waals surface area contributed by atoms with E-state index in [2.05, 4.69) is 10.5 Å². The van der Waals surface area contributed by atoms with Crippen LogP contribution in [0.5, 0.6) is 5.75 Å². The van der Waals surface area contributed by atoms with Crippen LogP contribution in [0.2, 0.25) is 0 Å². The van der Waals surface area contributed by atoms with E-state index in [1.807, 2.05) is 0 Å². The third-order valence-corrected chi connectivity index (χ3v) is 4.97. The minimum Gasteiger partial charge on any atom is -0.482 e. The molecule has 10 heteroatoms. The first-order chi connectivity index (χ1) is 14.5. The van der Waals surface area contributed by atoms with E-state index in [4.69, 9.17) is 9.47 Å². The number of nitrogens with one attached hydrogen (secondary N) is 1. The monoisotopic (exact) mass is 427 g/mol. The van der Waals surface area contributed by atoms with Gasteiger partial charge in [-0.25, -0.2) is 10.2 Å². The summed E-state index contributed by atoms with van der Waals surface area (Å²) in [6.07, 6.45) is 1.46. The number of hydrogen-bond donors (Lipinski definition) is 1. The van der Waals surface area contributed by atoms with Crippen molar-refractivity contribution < 1.29 is 24.0 Å². The molecule has 0 spiro atoms. The number of nitrogens with zero attached hydrogens (tertiary/aromatic N) is 2. The first kappa shape index (κ1) is 20.9. The van der Waals surface area contributed by atoms with Crippen LogP contribution in [-0.2, 0) is 9.53 Å². The molecule has 30 heavy (non-hydrogen) atoms. The molecule has 0 aliphatic rings. The smallest absolute Gasteiger partial charge is 0.344 e. The zero-order valence-corrected chi connectivity index (χ0v) is 16.7. The van der Waals surface area contributed by atoms with E-state index >= 15 is 0 Å². The molecule has 0 aliphatic heterocycles. The Hall–Kier alpha value is -3.79. The Kier molecular flexibility index (Phi) is 6.71. The molecule has 0 radical (unpaired) electrons. The topological polar surface area (TPSA) is 120 Å². The second kappa shape index (κ2) is 9.61. The molecule has 3 rings (SSSR count). The van der Waals surface area contributed by atoms with E-state index in [0.29, 0.717) is 28.2 Å². The SMILES string of the molecule is CCOC(=O)COc1ccc(C=NNC(=O)c2cc3cc([N+](=O)[O-])ccc3s2)cc1. The fourth-order valence-corrected chi connectivity index (χ4v) is 3.40. The number of rotatable bonds is 8. The summed E-state index contributed by atoms with van der Waals surface area (Å²) in [6.45, 7) is 1.85. The first-order valence-corrected chi connectivity index (χ1v) is 9.68. The van der Waals surface area contributed by atoms with Gasteiger partial charge in [0.1, 0.15) is 5.75 Å². The Morgan fingerprint density at radius 3 is 2.67 bits per heavy atom. The molecule has 0 unspecified atom stereocenters. The van der Waals surface area contributed by atoms with Crippen LogP contribution < -0.4 is 10.2 Å². The van der Waals surface area contributed by atoms with Crippen molar-refractivity contribution in [2.75, 3.05) is 13.2 Å². The van der Waals surface area contributed by atoms with Gasteiger partial charge in [-0.05, 0) is 48.9 Å². The molecule has 0 saturated heterocycles. The van der Waals surface area contributed by atoms with Crippen molar-refractivity contribution in [1.29, 1.82) is 0 Å². The van der Waals surface area contributed by atoms with Gasteiger partial charge in [-0.1, -0.05) is 0 Å². The third kappa shape index (κ3) is 5.39. The second-order valence-electron chi connectivity index (χ2n) is 5.95. The molecule has 2 aromatic carbocycles. The highest BCUT2D eigenvalue weighted by Crippen LogP contribution is 2.28. The van der Waals surface area contributed by atoms with Crippen molar-refractivity contribution in [3.8, 4) is 5.75 Å². The van der Waals surface area contributed by atoms with E-state index in [1.165, 1.54) is 29.7 Å². The predicted molar refractivity (Wildman–Crippen MR) is 112 cm³/mol. The third-order valence-electron chi connectivity index (χ3n) is 3.86. The highest BCUT2D eigenvalue weighted by Gasteiger charge is 2.13. The van der Waals surface area contributed by atoms with Crippen molar-refractivity contribution in [3.63, 3.8) is 0 Å². The Labute approximate surface area is 175 Å². The molecule has 1 N–H and O–H groups in total.